The van der Waals surface area contributed by atoms with E-state index >= 15 is 0 Å². The van der Waals surface area contributed by atoms with Gasteiger partial charge in [0.15, 0.2) is 0 Å². The highest BCUT2D eigenvalue weighted by molar-refractivity contribution is 8.03. The number of rotatable bonds is 6. The summed E-state index contributed by atoms with van der Waals surface area (Å²) in [6.45, 7) is 7.56. The van der Waals surface area contributed by atoms with Gasteiger partial charge in [0.05, 0.1) is 0 Å². The zero-order valence-electron chi connectivity index (χ0n) is 7.81. The average molecular weight is 173 g/mol. The van der Waals surface area contributed by atoms with Crippen molar-refractivity contribution in [3.63, 3.8) is 0 Å². The van der Waals surface area contributed by atoms with E-state index in [4.69, 9.17) is 0 Å². The summed E-state index contributed by atoms with van der Waals surface area (Å²) in [7, 11) is 0. The maximum atomic E-state index is 3.23. The fraction of sp³-hybridized carbons (Fsp3) is 0.778. The lowest BCUT2D eigenvalue weighted by molar-refractivity contribution is 0.908. The molecule has 0 heterocycles. The number of nitrogens with one attached hydrogen (secondary N) is 1. The summed E-state index contributed by atoms with van der Waals surface area (Å²) in [5.41, 5.74) is 0. The third kappa shape index (κ3) is 6.29. The van der Waals surface area contributed by atoms with Crippen molar-refractivity contribution in [3.8, 4) is 0 Å². The minimum absolute atomic E-state index is 1.02. The maximum absolute atomic E-state index is 3.23. The van der Waals surface area contributed by atoms with Gasteiger partial charge < -0.3 is 5.32 Å². The Morgan fingerprint density at radius 2 is 2.09 bits per heavy atom. The molecule has 0 atom stereocenters. The topological polar surface area (TPSA) is 12.0 Å². The summed E-state index contributed by atoms with van der Waals surface area (Å²) in [6.07, 6.45) is 4.55. The highest BCUT2D eigenvalue weighted by atomic mass is 32.2. The van der Waals surface area contributed by atoms with Gasteiger partial charge in [-0.2, -0.15) is 0 Å². The molecule has 0 radical (unpaired) electrons. The highest BCUT2D eigenvalue weighted by Crippen LogP contribution is 2.18. The second-order valence-corrected chi connectivity index (χ2v) is 3.59. The first kappa shape index (κ1) is 10.9. The van der Waals surface area contributed by atoms with Crippen LogP contribution >= 0.6 is 11.8 Å². The third-order valence-electron chi connectivity index (χ3n) is 1.31. The van der Waals surface area contributed by atoms with E-state index in [1.54, 1.807) is 0 Å². The largest absolute Gasteiger partial charge is 0.391 e. The van der Waals surface area contributed by atoms with Gasteiger partial charge >= 0.3 is 0 Å². The molecule has 1 N–H and O–H groups in total. The average Bonchev–Trinajstić information content (AvgIpc) is 2.05. The van der Waals surface area contributed by atoms with E-state index in [0.717, 1.165) is 13.0 Å². The fourth-order valence-corrected chi connectivity index (χ4v) is 1.53. The van der Waals surface area contributed by atoms with Crippen LogP contribution in [0.4, 0.5) is 0 Å². The van der Waals surface area contributed by atoms with Crippen LogP contribution in [0, 0.1) is 0 Å². The standard InChI is InChI=1S/C9H19NS/c1-4-7-11-9(5-2)8-10-6-3/h8,10H,4-7H2,1-3H3/b9-8-. The van der Waals surface area contributed by atoms with Crippen molar-refractivity contribution in [1.29, 1.82) is 0 Å². The van der Waals surface area contributed by atoms with E-state index in [1.807, 2.05) is 11.8 Å². The van der Waals surface area contributed by atoms with Crippen LogP contribution in [0.1, 0.15) is 33.6 Å². The van der Waals surface area contributed by atoms with Crippen LogP contribution in [0.25, 0.3) is 0 Å². The second-order valence-electron chi connectivity index (χ2n) is 2.37. The number of hydrogen-bond acceptors (Lipinski definition) is 2. The van der Waals surface area contributed by atoms with Gasteiger partial charge in [0.25, 0.3) is 0 Å². The van der Waals surface area contributed by atoms with E-state index in [0.29, 0.717) is 0 Å². The number of allylic oxidation sites excluding steroid dienone is 1. The third-order valence-corrected chi connectivity index (χ3v) is 2.70. The van der Waals surface area contributed by atoms with Crippen molar-refractivity contribution in [2.45, 2.75) is 33.6 Å². The molecule has 0 amide bonds. The molecule has 0 fully saturated rings. The summed E-state index contributed by atoms with van der Waals surface area (Å²) in [5, 5.41) is 3.23. The van der Waals surface area contributed by atoms with Gasteiger partial charge in [-0.25, -0.2) is 0 Å². The first-order chi connectivity index (χ1) is 5.35. The van der Waals surface area contributed by atoms with Crippen LogP contribution in [0.3, 0.4) is 0 Å². The van der Waals surface area contributed by atoms with E-state index in [1.165, 1.54) is 17.1 Å². The van der Waals surface area contributed by atoms with Crippen molar-refractivity contribution in [3.05, 3.63) is 11.1 Å². The molecule has 0 aromatic heterocycles. The molecule has 1 nitrogen and oxygen atoms in total. The number of thioether (sulfide) groups is 1. The molecule has 0 saturated heterocycles. The molecular weight excluding hydrogens is 154 g/mol. The minimum Gasteiger partial charge on any atom is -0.391 e. The highest BCUT2D eigenvalue weighted by Gasteiger charge is 1.92. The van der Waals surface area contributed by atoms with Gasteiger partial charge in [0, 0.05) is 17.6 Å². The molecule has 2 heteroatoms. The van der Waals surface area contributed by atoms with E-state index in [2.05, 4.69) is 32.3 Å². The normalized spacial score (nSPS) is 11.7. The lowest BCUT2D eigenvalue weighted by atomic mass is 10.4. The zero-order valence-corrected chi connectivity index (χ0v) is 8.63. The fourth-order valence-electron chi connectivity index (χ4n) is 0.695. The van der Waals surface area contributed by atoms with Crippen LogP contribution in [-0.2, 0) is 0 Å². The van der Waals surface area contributed by atoms with Crippen LogP contribution in [0.5, 0.6) is 0 Å². The smallest absolute Gasteiger partial charge is 0.0113 e. The molecule has 0 aliphatic carbocycles. The molecule has 0 rings (SSSR count). The monoisotopic (exact) mass is 173 g/mol. The van der Waals surface area contributed by atoms with Gasteiger partial charge in [-0.15, -0.1) is 11.8 Å². The maximum Gasteiger partial charge on any atom is 0.0113 e. The summed E-state index contributed by atoms with van der Waals surface area (Å²) in [4.78, 5) is 1.47. The van der Waals surface area contributed by atoms with Crippen LogP contribution in [0.15, 0.2) is 11.1 Å². The van der Waals surface area contributed by atoms with Crippen LogP contribution < -0.4 is 5.32 Å². The van der Waals surface area contributed by atoms with Crippen LogP contribution in [-0.4, -0.2) is 12.3 Å². The summed E-state index contributed by atoms with van der Waals surface area (Å²) >= 11 is 1.96. The van der Waals surface area contributed by atoms with Gasteiger partial charge in [-0.3, -0.25) is 0 Å². The predicted molar refractivity (Wildman–Crippen MR) is 54.8 cm³/mol. The molecule has 11 heavy (non-hydrogen) atoms. The van der Waals surface area contributed by atoms with Crippen molar-refractivity contribution >= 4 is 11.8 Å². The Kier molecular flexibility index (Phi) is 7.91. The lowest BCUT2D eigenvalue weighted by Gasteiger charge is -2.03. The van der Waals surface area contributed by atoms with Gasteiger partial charge in [-0.05, 0) is 25.5 Å². The molecule has 0 bridgehead atoms. The Labute approximate surface area is 74.6 Å². The molecule has 0 saturated carbocycles. The Morgan fingerprint density at radius 3 is 2.55 bits per heavy atom. The van der Waals surface area contributed by atoms with E-state index in [9.17, 15) is 0 Å². The predicted octanol–water partition coefficient (Wildman–Crippen LogP) is 2.99. The minimum atomic E-state index is 1.02. The summed E-state index contributed by atoms with van der Waals surface area (Å²) < 4.78 is 0. The van der Waals surface area contributed by atoms with E-state index < -0.39 is 0 Å². The molecule has 0 aromatic rings. The zero-order chi connectivity index (χ0) is 8.53. The van der Waals surface area contributed by atoms with Crippen molar-refractivity contribution in [1.82, 2.24) is 5.32 Å². The Morgan fingerprint density at radius 1 is 1.36 bits per heavy atom. The molecule has 0 aromatic carbocycles. The van der Waals surface area contributed by atoms with Crippen LogP contribution in [0.2, 0.25) is 0 Å². The molecule has 0 spiro atoms. The van der Waals surface area contributed by atoms with Crippen molar-refractivity contribution < 1.29 is 0 Å². The molecule has 0 aliphatic rings. The number of hydrogen-bond donors (Lipinski definition) is 1. The molecule has 0 aliphatic heterocycles. The molecule has 0 unspecified atom stereocenters. The molecular formula is C9H19NS. The second kappa shape index (κ2) is 7.99. The lowest BCUT2D eigenvalue weighted by Crippen LogP contribution is -2.03. The first-order valence-corrected chi connectivity index (χ1v) is 5.38. The Bertz CT molecular complexity index is 110. The SMILES string of the molecule is CCCS/C(=C\NCC)CC. The quantitative estimate of drug-likeness (QED) is 0.662. The van der Waals surface area contributed by atoms with E-state index in [-0.39, 0.29) is 0 Å². The van der Waals surface area contributed by atoms with Crippen molar-refractivity contribution in [2.75, 3.05) is 12.3 Å². The summed E-state index contributed by atoms with van der Waals surface area (Å²) in [5.74, 6) is 1.24. The van der Waals surface area contributed by atoms with Gasteiger partial charge in [0.1, 0.15) is 0 Å². The van der Waals surface area contributed by atoms with Gasteiger partial charge in [-0.1, -0.05) is 13.8 Å². The van der Waals surface area contributed by atoms with Gasteiger partial charge in [0.2, 0.25) is 0 Å². The Hall–Kier alpha value is -0.110. The van der Waals surface area contributed by atoms with Crippen molar-refractivity contribution in [2.24, 2.45) is 0 Å². The summed E-state index contributed by atoms with van der Waals surface area (Å²) in [6, 6.07) is 0. The molecule has 66 valence electrons. The first-order valence-electron chi connectivity index (χ1n) is 4.40. The Balaban J connectivity index is 3.55.